The van der Waals surface area contributed by atoms with E-state index in [4.69, 9.17) is 0 Å². The molecule has 0 bridgehead atoms. The molecule has 29 heavy (non-hydrogen) atoms. The molecule has 0 unspecified atom stereocenters. The highest BCUT2D eigenvalue weighted by Crippen LogP contribution is 2.33. The monoisotopic (exact) mass is 406 g/mol. The lowest BCUT2D eigenvalue weighted by molar-refractivity contribution is -0.598. The van der Waals surface area contributed by atoms with Crippen molar-refractivity contribution in [2.45, 2.75) is 25.7 Å². The number of rotatable bonds is 3. The standard InChI is InChI=1S/C23H18F2N3S/c24-15-8-10-19(26-12-15)17-4-3-5-18(20-11-9-16(25)13-27-20)23(17)28-14-29-22-7-2-1-6-21(22)28/h3-5,8-14H,1-2,6-7H2/q+1. The Morgan fingerprint density at radius 3 is 2.00 bits per heavy atom. The van der Waals surface area contributed by atoms with Crippen LogP contribution in [0.25, 0.3) is 28.2 Å². The number of fused-ring (bicyclic) bond motifs is 1. The predicted molar refractivity (Wildman–Crippen MR) is 109 cm³/mol. The Balaban J connectivity index is 1.78. The predicted octanol–water partition coefficient (Wildman–Crippen LogP) is 5.31. The molecule has 0 radical (unpaired) electrons. The van der Waals surface area contributed by atoms with E-state index in [0.29, 0.717) is 11.4 Å². The molecule has 0 saturated carbocycles. The number of aromatic nitrogens is 3. The summed E-state index contributed by atoms with van der Waals surface area (Å²) in [6.07, 6.45) is 6.94. The molecule has 3 heterocycles. The molecular weight excluding hydrogens is 388 g/mol. The minimum Gasteiger partial charge on any atom is -0.253 e. The fraction of sp³-hybridized carbons (Fsp3) is 0.174. The number of aryl methyl sites for hydroxylation is 1. The lowest BCUT2D eigenvalue weighted by Gasteiger charge is -2.12. The van der Waals surface area contributed by atoms with E-state index in [-0.39, 0.29) is 11.6 Å². The van der Waals surface area contributed by atoms with Gasteiger partial charge in [0.15, 0.2) is 0 Å². The van der Waals surface area contributed by atoms with Crippen LogP contribution in [-0.4, -0.2) is 9.97 Å². The van der Waals surface area contributed by atoms with Gasteiger partial charge in [-0.2, -0.15) is 4.57 Å². The van der Waals surface area contributed by atoms with Crippen molar-refractivity contribution in [1.82, 2.24) is 9.97 Å². The van der Waals surface area contributed by atoms with E-state index >= 15 is 0 Å². The van der Waals surface area contributed by atoms with Gasteiger partial charge >= 0.3 is 0 Å². The van der Waals surface area contributed by atoms with Crippen LogP contribution in [0.2, 0.25) is 0 Å². The third-order valence-corrected chi connectivity index (χ3v) is 6.30. The lowest BCUT2D eigenvalue weighted by atomic mass is 9.98. The molecule has 0 N–H and O–H groups in total. The minimum atomic E-state index is -0.368. The van der Waals surface area contributed by atoms with E-state index in [1.165, 1.54) is 41.5 Å². The van der Waals surface area contributed by atoms with Crippen molar-refractivity contribution in [3.63, 3.8) is 0 Å². The zero-order valence-electron chi connectivity index (χ0n) is 15.6. The Morgan fingerprint density at radius 2 is 1.41 bits per heavy atom. The van der Waals surface area contributed by atoms with Crippen molar-refractivity contribution in [1.29, 1.82) is 0 Å². The number of hydrogen-bond donors (Lipinski definition) is 0. The molecule has 6 heteroatoms. The highest BCUT2D eigenvalue weighted by Gasteiger charge is 2.30. The molecule has 5 rings (SSSR count). The Bertz CT molecular complexity index is 1100. The van der Waals surface area contributed by atoms with Crippen LogP contribution in [0.1, 0.15) is 23.4 Å². The number of pyridine rings is 2. The molecule has 1 aliphatic rings. The van der Waals surface area contributed by atoms with Crippen molar-refractivity contribution in [3.05, 3.63) is 82.6 Å². The van der Waals surface area contributed by atoms with Crippen LogP contribution in [0.3, 0.4) is 0 Å². The van der Waals surface area contributed by atoms with Crippen LogP contribution >= 0.6 is 11.3 Å². The molecule has 0 saturated heterocycles. The summed E-state index contributed by atoms with van der Waals surface area (Å²) in [5, 5.41) is 0. The fourth-order valence-electron chi connectivity index (χ4n) is 3.90. The van der Waals surface area contributed by atoms with E-state index in [9.17, 15) is 8.78 Å². The summed E-state index contributed by atoms with van der Waals surface area (Å²) in [5.41, 5.74) is 7.55. The molecular formula is C23H18F2N3S+. The number of para-hydroxylation sites is 1. The zero-order valence-corrected chi connectivity index (χ0v) is 16.4. The molecule has 4 aromatic rings. The fourth-order valence-corrected chi connectivity index (χ4v) is 4.96. The first kappa shape index (κ1) is 18.1. The zero-order chi connectivity index (χ0) is 19.8. The van der Waals surface area contributed by atoms with Gasteiger partial charge in [-0.3, -0.25) is 9.97 Å². The summed E-state index contributed by atoms with van der Waals surface area (Å²) < 4.78 is 29.2. The maximum atomic E-state index is 13.5. The second kappa shape index (κ2) is 7.44. The summed E-state index contributed by atoms with van der Waals surface area (Å²) >= 11 is 1.76. The molecule has 1 aliphatic carbocycles. The normalized spacial score (nSPS) is 13.3. The number of benzene rings is 1. The number of nitrogens with zero attached hydrogens (tertiary/aromatic N) is 3. The van der Waals surface area contributed by atoms with Crippen molar-refractivity contribution in [2.24, 2.45) is 0 Å². The maximum absolute atomic E-state index is 13.5. The highest BCUT2D eigenvalue weighted by atomic mass is 32.1. The molecule has 3 nitrogen and oxygen atoms in total. The van der Waals surface area contributed by atoms with Gasteiger partial charge in [0, 0.05) is 6.42 Å². The Morgan fingerprint density at radius 1 is 0.793 bits per heavy atom. The van der Waals surface area contributed by atoms with Crippen LogP contribution < -0.4 is 4.57 Å². The second-order valence-electron chi connectivity index (χ2n) is 7.10. The molecule has 0 atom stereocenters. The topological polar surface area (TPSA) is 29.7 Å². The van der Waals surface area contributed by atoms with Crippen LogP contribution in [0.15, 0.2) is 60.4 Å². The van der Waals surface area contributed by atoms with E-state index in [2.05, 4.69) is 20.0 Å². The lowest BCUT2D eigenvalue weighted by Crippen LogP contribution is -2.35. The van der Waals surface area contributed by atoms with E-state index in [1.807, 2.05) is 18.2 Å². The van der Waals surface area contributed by atoms with Gasteiger partial charge in [-0.15, -0.1) is 0 Å². The number of thiazole rings is 1. The molecule has 0 spiro atoms. The molecule has 0 amide bonds. The van der Waals surface area contributed by atoms with Gasteiger partial charge in [-0.1, -0.05) is 17.4 Å². The SMILES string of the molecule is Fc1ccc(-c2cccc(-c3ccc(F)cn3)c2-[n+]2csc3c2CCCC3)nc1. The number of hydrogen-bond acceptors (Lipinski definition) is 3. The first-order valence-electron chi connectivity index (χ1n) is 9.59. The van der Waals surface area contributed by atoms with E-state index in [1.54, 1.807) is 23.5 Å². The summed E-state index contributed by atoms with van der Waals surface area (Å²) in [4.78, 5) is 10.0. The van der Waals surface area contributed by atoms with Crippen LogP contribution in [0, 0.1) is 11.6 Å². The highest BCUT2D eigenvalue weighted by molar-refractivity contribution is 7.09. The quantitative estimate of drug-likeness (QED) is 0.432. The number of halogens is 2. The minimum absolute atomic E-state index is 0.368. The van der Waals surface area contributed by atoms with Gasteiger partial charge in [-0.05, 0) is 55.7 Å². The molecule has 0 fully saturated rings. The molecule has 144 valence electrons. The summed E-state index contributed by atoms with van der Waals surface area (Å²) in [5.74, 6) is -0.737. The third-order valence-electron chi connectivity index (χ3n) is 5.26. The molecule has 1 aromatic carbocycles. The summed E-state index contributed by atoms with van der Waals surface area (Å²) in [6.45, 7) is 0. The Labute approximate surface area is 171 Å². The average Bonchev–Trinajstić information content (AvgIpc) is 3.18. The first-order chi connectivity index (χ1) is 14.2. The van der Waals surface area contributed by atoms with Crippen LogP contribution in [0.5, 0.6) is 0 Å². The van der Waals surface area contributed by atoms with Crippen LogP contribution in [0.4, 0.5) is 8.78 Å². The van der Waals surface area contributed by atoms with Gasteiger partial charge in [0.05, 0.1) is 39.8 Å². The van der Waals surface area contributed by atoms with Crippen molar-refractivity contribution in [3.8, 4) is 28.2 Å². The second-order valence-corrected chi connectivity index (χ2v) is 8.03. The van der Waals surface area contributed by atoms with Crippen LogP contribution in [-0.2, 0) is 12.8 Å². The maximum Gasteiger partial charge on any atom is 0.231 e. The Hall–Kier alpha value is -2.99. The molecule has 0 aliphatic heterocycles. The van der Waals surface area contributed by atoms with Gasteiger partial charge in [0.2, 0.25) is 16.9 Å². The summed E-state index contributed by atoms with van der Waals surface area (Å²) in [7, 11) is 0. The smallest absolute Gasteiger partial charge is 0.231 e. The average molecular weight is 406 g/mol. The van der Waals surface area contributed by atoms with Crippen molar-refractivity contribution < 1.29 is 13.3 Å². The summed E-state index contributed by atoms with van der Waals surface area (Å²) in [6, 6.07) is 12.1. The van der Waals surface area contributed by atoms with Gasteiger partial charge < -0.3 is 0 Å². The van der Waals surface area contributed by atoms with E-state index < -0.39 is 0 Å². The van der Waals surface area contributed by atoms with Crippen molar-refractivity contribution >= 4 is 11.3 Å². The van der Waals surface area contributed by atoms with Gasteiger partial charge in [0.25, 0.3) is 0 Å². The van der Waals surface area contributed by atoms with Gasteiger partial charge in [-0.25, -0.2) is 8.78 Å². The van der Waals surface area contributed by atoms with Crippen molar-refractivity contribution in [2.75, 3.05) is 0 Å². The largest absolute Gasteiger partial charge is 0.253 e. The third kappa shape index (κ3) is 3.34. The first-order valence-corrected chi connectivity index (χ1v) is 10.5. The van der Waals surface area contributed by atoms with Gasteiger partial charge in [0.1, 0.15) is 11.6 Å². The van der Waals surface area contributed by atoms with E-state index in [0.717, 1.165) is 36.1 Å². The molecule has 3 aromatic heterocycles. The Kier molecular flexibility index (Phi) is 4.64.